The molecule has 0 aromatic carbocycles. The van der Waals surface area contributed by atoms with Gasteiger partial charge in [-0.1, -0.05) is 11.8 Å². The van der Waals surface area contributed by atoms with Crippen LogP contribution in [0.5, 0.6) is 0 Å². The summed E-state index contributed by atoms with van der Waals surface area (Å²) >= 11 is 3.30. The van der Waals surface area contributed by atoms with Gasteiger partial charge in [0.1, 0.15) is 22.5 Å². The van der Waals surface area contributed by atoms with Crippen molar-refractivity contribution in [3.05, 3.63) is 28.6 Å². The van der Waals surface area contributed by atoms with E-state index in [0.29, 0.717) is 6.61 Å². The normalized spacial score (nSPS) is 12.9. The van der Waals surface area contributed by atoms with Gasteiger partial charge in [0.2, 0.25) is 0 Å². The van der Waals surface area contributed by atoms with Crippen LogP contribution >= 0.6 is 23.1 Å². The molecule has 116 valence electrons. The summed E-state index contributed by atoms with van der Waals surface area (Å²) in [6, 6.07) is 0. The third kappa shape index (κ3) is 3.13. The smallest absolute Gasteiger partial charge is 0.162 e. The molecule has 3 rings (SSSR count). The predicted molar refractivity (Wildman–Crippen MR) is 88.0 cm³/mol. The Kier molecular flexibility index (Phi) is 4.70. The van der Waals surface area contributed by atoms with Crippen molar-refractivity contribution in [3.8, 4) is 0 Å². The molecule has 0 aliphatic carbocycles. The van der Waals surface area contributed by atoms with Crippen LogP contribution in [-0.2, 0) is 17.5 Å². The van der Waals surface area contributed by atoms with Gasteiger partial charge in [0.25, 0.3) is 0 Å². The Balaban J connectivity index is 1.72. The first kappa shape index (κ1) is 15.4. The number of aryl methyl sites for hydroxylation is 1. The highest BCUT2D eigenvalue weighted by atomic mass is 32.2. The molecule has 8 heteroatoms. The summed E-state index contributed by atoms with van der Waals surface area (Å²) in [5.41, 5.74) is 1.90. The van der Waals surface area contributed by atoms with E-state index in [2.05, 4.69) is 25.4 Å². The molecule has 0 aliphatic heterocycles. The number of hydrogen-bond acceptors (Lipinski definition) is 7. The fourth-order valence-electron chi connectivity index (χ4n) is 2.09. The number of thioether (sulfide) groups is 1. The minimum Gasteiger partial charge on any atom is -0.372 e. The highest BCUT2D eigenvalue weighted by Gasteiger charge is 2.12. The van der Waals surface area contributed by atoms with Crippen LogP contribution in [0, 0.1) is 0 Å². The summed E-state index contributed by atoms with van der Waals surface area (Å²) < 4.78 is 7.33. The summed E-state index contributed by atoms with van der Waals surface area (Å²) in [5.74, 6) is 0.774. The summed E-state index contributed by atoms with van der Waals surface area (Å²) in [7, 11) is 1.88. The van der Waals surface area contributed by atoms with Crippen molar-refractivity contribution in [1.29, 1.82) is 0 Å². The first-order valence-electron chi connectivity index (χ1n) is 7.00. The molecule has 0 aliphatic rings. The zero-order valence-corrected chi connectivity index (χ0v) is 14.3. The molecule has 0 spiro atoms. The van der Waals surface area contributed by atoms with Crippen molar-refractivity contribution in [2.75, 3.05) is 6.61 Å². The number of thiazole rings is 1. The highest BCUT2D eigenvalue weighted by molar-refractivity contribution is 7.98. The Morgan fingerprint density at radius 2 is 2.27 bits per heavy atom. The molecular formula is C14H17N5OS2. The molecule has 3 aromatic rings. The van der Waals surface area contributed by atoms with Gasteiger partial charge in [-0.2, -0.15) is 5.10 Å². The van der Waals surface area contributed by atoms with Crippen LogP contribution in [0.1, 0.15) is 30.7 Å². The maximum absolute atomic E-state index is 5.57. The van der Waals surface area contributed by atoms with Crippen LogP contribution in [0.25, 0.3) is 11.0 Å². The second-order valence-corrected chi connectivity index (χ2v) is 6.60. The van der Waals surface area contributed by atoms with E-state index in [-0.39, 0.29) is 6.10 Å². The molecule has 3 heterocycles. The molecule has 0 saturated carbocycles. The quantitative estimate of drug-likeness (QED) is 0.509. The van der Waals surface area contributed by atoms with Crippen LogP contribution in [0.15, 0.2) is 22.9 Å². The van der Waals surface area contributed by atoms with E-state index in [1.54, 1.807) is 40.3 Å². The third-order valence-electron chi connectivity index (χ3n) is 3.18. The van der Waals surface area contributed by atoms with E-state index in [1.807, 2.05) is 20.9 Å². The Morgan fingerprint density at radius 1 is 1.41 bits per heavy atom. The highest BCUT2D eigenvalue weighted by Crippen LogP contribution is 2.28. The third-order valence-corrected chi connectivity index (χ3v) is 5.28. The Labute approximate surface area is 137 Å². The Morgan fingerprint density at radius 3 is 3.09 bits per heavy atom. The number of rotatable bonds is 6. The van der Waals surface area contributed by atoms with Crippen molar-refractivity contribution < 1.29 is 4.74 Å². The molecule has 1 atom stereocenters. The van der Waals surface area contributed by atoms with Crippen molar-refractivity contribution in [2.24, 2.45) is 7.05 Å². The lowest BCUT2D eigenvalue weighted by molar-refractivity contribution is 0.0761. The zero-order chi connectivity index (χ0) is 15.5. The Hall–Kier alpha value is -1.51. The largest absolute Gasteiger partial charge is 0.372 e. The molecule has 3 aromatic heterocycles. The van der Waals surface area contributed by atoms with Crippen LogP contribution in [-0.4, -0.2) is 31.3 Å². The maximum atomic E-state index is 5.57. The van der Waals surface area contributed by atoms with Crippen LogP contribution < -0.4 is 0 Å². The minimum absolute atomic E-state index is 0.0535. The van der Waals surface area contributed by atoms with Gasteiger partial charge in [-0.25, -0.2) is 15.0 Å². The van der Waals surface area contributed by atoms with Crippen LogP contribution in [0.2, 0.25) is 0 Å². The zero-order valence-electron chi connectivity index (χ0n) is 12.7. The van der Waals surface area contributed by atoms with Crippen molar-refractivity contribution >= 4 is 34.1 Å². The average molecular weight is 335 g/mol. The van der Waals surface area contributed by atoms with Crippen molar-refractivity contribution in [3.63, 3.8) is 0 Å². The maximum Gasteiger partial charge on any atom is 0.162 e. The fourth-order valence-corrected chi connectivity index (χ4v) is 3.88. The SMILES string of the molecule is CCO[C@@H](C)c1nc(CSc2ncnc3c2cnn3C)cs1. The van der Waals surface area contributed by atoms with Gasteiger partial charge < -0.3 is 4.74 Å². The number of ether oxygens (including phenoxy) is 1. The van der Waals surface area contributed by atoms with Crippen molar-refractivity contribution in [1.82, 2.24) is 24.7 Å². The van der Waals surface area contributed by atoms with E-state index >= 15 is 0 Å². The molecule has 0 N–H and O–H groups in total. The lowest BCUT2D eigenvalue weighted by Crippen LogP contribution is -1.99. The fraction of sp³-hybridized carbons (Fsp3) is 0.429. The van der Waals surface area contributed by atoms with E-state index in [0.717, 1.165) is 32.5 Å². The number of nitrogens with zero attached hydrogens (tertiary/aromatic N) is 5. The molecular weight excluding hydrogens is 318 g/mol. The van der Waals surface area contributed by atoms with Gasteiger partial charge >= 0.3 is 0 Å². The average Bonchev–Trinajstić information content (AvgIpc) is 3.13. The molecule has 0 bridgehead atoms. The second-order valence-electron chi connectivity index (χ2n) is 4.75. The topological polar surface area (TPSA) is 65.7 Å². The second kappa shape index (κ2) is 6.72. The van der Waals surface area contributed by atoms with Crippen LogP contribution in [0.4, 0.5) is 0 Å². The monoisotopic (exact) mass is 335 g/mol. The molecule has 0 saturated heterocycles. The van der Waals surface area contributed by atoms with Gasteiger partial charge in [-0.05, 0) is 13.8 Å². The van der Waals surface area contributed by atoms with Gasteiger partial charge in [-0.15, -0.1) is 11.3 Å². The van der Waals surface area contributed by atoms with Gasteiger partial charge in [0.15, 0.2) is 5.65 Å². The lowest BCUT2D eigenvalue weighted by atomic mass is 10.4. The number of aromatic nitrogens is 5. The van der Waals surface area contributed by atoms with E-state index in [1.165, 1.54) is 0 Å². The minimum atomic E-state index is 0.0535. The first-order valence-corrected chi connectivity index (χ1v) is 8.87. The van der Waals surface area contributed by atoms with Gasteiger partial charge in [0.05, 0.1) is 17.3 Å². The number of hydrogen-bond donors (Lipinski definition) is 0. The summed E-state index contributed by atoms with van der Waals surface area (Å²) in [6.07, 6.45) is 3.44. The van der Waals surface area contributed by atoms with E-state index in [4.69, 9.17) is 4.74 Å². The predicted octanol–water partition coefficient (Wildman–Crippen LogP) is 3.21. The van der Waals surface area contributed by atoms with Crippen LogP contribution in [0.3, 0.4) is 0 Å². The molecule has 0 radical (unpaired) electrons. The summed E-state index contributed by atoms with van der Waals surface area (Å²) in [6.45, 7) is 4.72. The van der Waals surface area contributed by atoms with Gasteiger partial charge in [0, 0.05) is 24.8 Å². The molecule has 0 unspecified atom stereocenters. The molecule has 22 heavy (non-hydrogen) atoms. The lowest BCUT2D eigenvalue weighted by Gasteiger charge is -2.06. The standard InChI is InChI=1S/C14H17N5OS2/c1-4-20-9(2)13-18-10(6-21-13)7-22-14-11-5-17-19(3)12(11)15-8-16-14/h5-6,8-9H,4,7H2,1-3H3/t9-/m0/s1. The summed E-state index contributed by atoms with van der Waals surface area (Å²) in [5, 5.41) is 9.25. The molecule has 0 amide bonds. The van der Waals surface area contributed by atoms with Crippen molar-refractivity contribution in [2.45, 2.75) is 30.7 Å². The first-order chi connectivity index (χ1) is 10.7. The number of fused-ring (bicyclic) bond motifs is 1. The summed E-state index contributed by atoms with van der Waals surface area (Å²) in [4.78, 5) is 13.2. The van der Waals surface area contributed by atoms with Gasteiger partial charge in [-0.3, -0.25) is 4.68 Å². The molecule has 6 nitrogen and oxygen atoms in total. The molecule has 0 fully saturated rings. The Bertz CT molecular complexity index is 770. The van der Waals surface area contributed by atoms with E-state index in [9.17, 15) is 0 Å². The van der Waals surface area contributed by atoms with E-state index < -0.39 is 0 Å².